The zero-order valence-corrected chi connectivity index (χ0v) is 14.9. The molecule has 0 aromatic heterocycles. The van der Waals surface area contributed by atoms with E-state index in [0.29, 0.717) is 15.7 Å². The number of halogens is 2. The standard InChI is InChI=1S/C18H20Cl2N2O/c1-11-7-12(2)18(16(20)8-11)22-17(23)10-21-13(3)14-5-4-6-15(19)9-14/h4-9,13,21H,10H2,1-3H3,(H,22,23)/t13-/m1/s1. The summed E-state index contributed by atoms with van der Waals surface area (Å²) in [6.45, 7) is 6.08. The largest absolute Gasteiger partial charge is 0.323 e. The van der Waals surface area contributed by atoms with Crippen LogP contribution in [0.25, 0.3) is 0 Å². The van der Waals surface area contributed by atoms with Crippen LogP contribution in [0.15, 0.2) is 36.4 Å². The molecule has 122 valence electrons. The predicted molar refractivity (Wildman–Crippen MR) is 97.4 cm³/mol. The van der Waals surface area contributed by atoms with Gasteiger partial charge in [-0.25, -0.2) is 0 Å². The number of aryl methyl sites for hydroxylation is 2. The maximum atomic E-state index is 12.1. The van der Waals surface area contributed by atoms with E-state index in [0.717, 1.165) is 16.7 Å². The van der Waals surface area contributed by atoms with Gasteiger partial charge in [0.15, 0.2) is 0 Å². The zero-order chi connectivity index (χ0) is 17.0. The Morgan fingerprint density at radius 3 is 2.57 bits per heavy atom. The molecular weight excluding hydrogens is 331 g/mol. The van der Waals surface area contributed by atoms with Gasteiger partial charge in [0.2, 0.25) is 5.91 Å². The Morgan fingerprint density at radius 1 is 1.17 bits per heavy atom. The molecule has 0 saturated heterocycles. The van der Waals surface area contributed by atoms with Crippen LogP contribution in [0.5, 0.6) is 0 Å². The van der Waals surface area contributed by atoms with Crippen LogP contribution < -0.4 is 10.6 Å². The fourth-order valence-electron chi connectivity index (χ4n) is 2.40. The Kier molecular flexibility index (Phi) is 6.05. The van der Waals surface area contributed by atoms with Crippen LogP contribution in [0.1, 0.15) is 29.7 Å². The van der Waals surface area contributed by atoms with Crippen molar-refractivity contribution in [3.63, 3.8) is 0 Å². The Labute approximate surface area is 147 Å². The second-order valence-electron chi connectivity index (χ2n) is 5.64. The number of benzene rings is 2. The van der Waals surface area contributed by atoms with Crippen molar-refractivity contribution in [1.82, 2.24) is 5.32 Å². The van der Waals surface area contributed by atoms with Crippen LogP contribution in [0, 0.1) is 13.8 Å². The monoisotopic (exact) mass is 350 g/mol. The second-order valence-corrected chi connectivity index (χ2v) is 6.49. The first kappa shape index (κ1) is 17.8. The fourth-order valence-corrected chi connectivity index (χ4v) is 2.96. The van der Waals surface area contributed by atoms with Crippen molar-refractivity contribution in [2.75, 3.05) is 11.9 Å². The molecule has 3 nitrogen and oxygen atoms in total. The van der Waals surface area contributed by atoms with Gasteiger partial charge in [0.05, 0.1) is 17.3 Å². The van der Waals surface area contributed by atoms with E-state index in [1.807, 2.05) is 57.2 Å². The second kappa shape index (κ2) is 7.82. The predicted octanol–water partition coefficient (Wildman–Crippen LogP) is 4.90. The third-order valence-corrected chi connectivity index (χ3v) is 4.15. The highest BCUT2D eigenvalue weighted by molar-refractivity contribution is 6.34. The summed E-state index contributed by atoms with van der Waals surface area (Å²) in [6.07, 6.45) is 0. The minimum absolute atomic E-state index is 0.0223. The van der Waals surface area contributed by atoms with Crippen LogP contribution in [0.3, 0.4) is 0 Å². The van der Waals surface area contributed by atoms with Crippen molar-refractivity contribution in [2.45, 2.75) is 26.8 Å². The number of hydrogen-bond donors (Lipinski definition) is 2. The molecule has 0 radical (unpaired) electrons. The first-order chi connectivity index (χ1) is 10.9. The summed E-state index contributed by atoms with van der Waals surface area (Å²) in [6, 6.07) is 11.4. The summed E-state index contributed by atoms with van der Waals surface area (Å²) in [7, 11) is 0. The summed E-state index contributed by atoms with van der Waals surface area (Å²) >= 11 is 12.2. The smallest absolute Gasteiger partial charge is 0.238 e. The van der Waals surface area contributed by atoms with E-state index >= 15 is 0 Å². The van der Waals surface area contributed by atoms with Gasteiger partial charge in [-0.05, 0) is 55.7 Å². The molecule has 23 heavy (non-hydrogen) atoms. The van der Waals surface area contributed by atoms with Crippen LogP contribution in [-0.4, -0.2) is 12.5 Å². The molecule has 2 N–H and O–H groups in total. The van der Waals surface area contributed by atoms with Crippen molar-refractivity contribution in [3.05, 3.63) is 63.1 Å². The first-order valence-electron chi connectivity index (χ1n) is 7.42. The molecule has 0 unspecified atom stereocenters. The molecule has 5 heteroatoms. The molecule has 0 bridgehead atoms. The summed E-state index contributed by atoms with van der Waals surface area (Å²) in [4.78, 5) is 12.1. The van der Waals surface area contributed by atoms with Gasteiger partial charge in [0.1, 0.15) is 0 Å². The van der Waals surface area contributed by atoms with Gasteiger partial charge < -0.3 is 10.6 Å². The van der Waals surface area contributed by atoms with Crippen molar-refractivity contribution < 1.29 is 4.79 Å². The lowest BCUT2D eigenvalue weighted by Crippen LogP contribution is -2.30. The topological polar surface area (TPSA) is 41.1 Å². The molecule has 0 saturated carbocycles. The summed E-state index contributed by atoms with van der Waals surface area (Å²) in [5, 5.41) is 7.28. The number of carbonyl (C=O) groups excluding carboxylic acids is 1. The molecule has 0 spiro atoms. The van der Waals surface area contributed by atoms with Crippen molar-refractivity contribution in [3.8, 4) is 0 Å². The molecule has 2 aromatic carbocycles. The third-order valence-electron chi connectivity index (χ3n) is 3.61. The summed E-state index contributed by atoms with van der Waals surface area (Å²) in [5.41, 5.74) is 3.72. The molecular formula is C18H20Cl2N2O. The van der Waals surface area contributed by atoms with E-state index in [9.17, 15) is 4.79 Å². The van der Waals surface area contributed by atoms with E-state index in [2.05, 4.69) is 10.6 Å². The molecule has 0 aliphatic rings. The average Bonchev–Trinajstić information content (AvgIpc) is 2.48. The molecule has 0 aliphatic carbocycles. The van der Waals surface area contributed by atoms with E-state index in [4.69, 9.17) is 23.2 Å². The summed E-state index contributed by atoms with van der Waals surface area (Å²) < 4.78 is 0. The van der Waals surface area contributed by atoms with Gasteiger partial charge in [0.25, 0.3) is 0 Å². The van der Waals surface area contributed by atoms with Crippen LogP contribution in [0.4, 0.5) is 5.69 Å². The highest BCUT2D eigenvalue weighted by atomic mass is 35.5. The maximum Gasteiger partial charge on any atom is 0.238 e. The number of anilines is 1. The normalized spacial score (nSPS) is 12.0. The summed E-state index contributed by atoms with van der Waals surface area (Å²) in [5.74, 6) is -0.132. The van der Waals surface area contributed by atoms with Gasteiger partial charge in [-0.2, -0.15) is 0 Å². The molecule has 2 aromatic rings. The fraction of sp³-hybridized carbons (Fsp3) is 0.278. The molecule has 0 aliphatic heterocycles. The first-order valence-corrected chi connectivity index (χ1v) is 8.18. The quantitative estimate of drug-likeness (QED) is 0.804. The number of amides is 1. The highest BCUT2D eigenvalue weighted by Gasteiger charge is 2.11. The van der Waals surface area contributed by atoms with Crippen molar-refractivity contribution in [1.29, 1.82) is 0 Å². The number of rotatable bonds is 5. The average molecular weight is 351 g/mol. The van der Waals surface area contributed by atoms with Gasteiger partial charge >= 0.3 is 0 Å². The maximum absolute atomic E-state index is 12.1. The number of nitrogens with one attached hydrogen (secondary N) is 2. The van der Waals surface area contributed by atoms with Gasteiger partial charge in [-0.3, -0.25) is 4.79 Å². The van der Waals surface area contributed by atoms with E-state index in [1.54, 1.807) is 0 Å². The lowest BCUT2D eigenvalue weighted by molar-refractivity contribution is -0.115. The molecule has 0 fully saturated rings. The Bertz CT molecular complexity index is 693. The van der Waals surface area contributed by atoms with E-state index < -0.39 is 0 Å². The number of hydrogen-bond acceptors (Lipinski definition) is 2. The SMILES string of the molecule is Cc1cc(C)c(NC(=O)CN[C@H](C)c2cccc(Cl)c2)c(Cl)c1. The van der Waals surface area contributed by atoms with E-state index in [-0.39, 0.29) is 18.5 Å². The van der Waals surface area contributed by atoms with Crippen molar-refractivity contribution in [2.24, 2.45) is 0 Å². The highest BCUT2D eigenvalue weighted by Crippen LogP contribution is 2.27. The van der Waals surface area contributed by atoms with E-state index in [1.165, 1.54) is 0 Å². The minimum atomic E-state index is -0.132. The lowest BCUT2D eigenvalue weighted by Gasteiger charge is -2.16. The minimum Gasteiger partial charge on any atom is -0.323 e. The Morgan fingerprint density at radius 2 is 1.91 bits per heavy atom. The molecule has 1 amide bonds. The van der Waals surface area contributed by atoms with Crippen LogP contribution in [-0.2, 0) is 4.79 Å². The Balaban J connectivity index is 1.95. The van der Waals surface area contributed by atoms with Gasteiger partial charge in [-0.15, -0.1) is 0 Å². The van der Waals surface area contributed by atoms with Gasteiger partial charge in [-0.1, -0.05) is 41.4 Å². The molecule has 0 heterocycles. The number of carbonyl (C=O) groups is 1. The lowest BCUT2D eigenvalue weighted by atomic mass is 10.1. The van der Waals surface area contributed by atoms with Crippen molar-refractivity contribution >= 4 is 34.8 Å². The van der Waals surface area contributed by atoms with Crippen LogP contribution >= 0.6 is 23.2 Å². The van der Waals surface area contributed by atoms with Gasteiger partial charge in [0, 0.05) is 11.1 Å². The third kappa shape index (κ3) is 4.96. The van der Waals surface area contributed by atoms with Crippen LogP contribution in [0.2, 0.25) is 10.0 Å². The molecule has 2 rings (SSSR count). The Hall–Kier alpha value is -1.55. The molecule has 1 atom stereocenters. The zero-order valence-electron chi connectivity index (χ0n) is 13.4.